The number of hydrogen-bond donors (Lipinski definition) is 2. The van der Waals surface area contributed by atoms with Crippen LogP contribution in [0.4, 0.5) is 5.82 Å². The SMILES string of the molecule is Nc1ncccc1S(=O)(=O)NC1CCN(C2CC2)C1. The lowest BCUT2D eigenvalue weighted by atomic mass is 10.3. The van der Waals surface area contributed by atoms with Gasteiger partial charge in [0.15, 0.2) is 0 Å². The Labute approximate surface area is 113 Å². The molecule has 0 bridgehead atoms. The third-order valence-electron chi connectivity index (χ3n) is 3.69. The molecule has 2 aliphatic rings. The molecule has 1 atom stereocenters. The standard InChI is InChI=1S/C12H18N4O2S/c13-12-11(2-1-6-14-12)19(17,18)15-9-5-7-16(8-9)10-3-4-10/h1-2,6,9-10,15H,3-5,7-8H2,(H2,13,14). The lowest BCUT2D eigenvalue weighted by Crippen LogP contribution is -2.37. The Balaban J connectivity index is 1.70. The summed E-state index contributed by atoms with van der Waals surface area (Å²) in [6.07, 6.45) is 4.83. The van der Waals surface area contributed by atoms with Crippen molar-refractivity contribution in [2.45, 2.75) is 36.2 Å². The number of aromatic nitrogens is 1. The predicted molar refractivity (Wildman–Crippen MR) is 72.0 cm³/mol. The van der Waals surface area contributed by atoms with Gasteiger partial charge in [0.2, 0.25) is 10.0 Å². The summed E-state index contributed by atoms with van der Waals surface area (Å²) in [6, 6.07) is 3.72. The second-order valence-electron chi connectivity index (χ2n) is 5.22. The molecule has 1 saturated carbocycles. The molecule has 1 unspecified atom stereocenters. The Kier molecular flexibility index (Phi) is 3.20. The molecule has 3 rings (SSSR count). The highest BCUT2D eigenvalue weighted by Gasteiger charge is 2.36. The molecule has 104 valence electrons. The van der Waals surface area contributed by atoms with Gasteiger partial charge in [-0.25, -0.2) is 18.1 Å². The van der Waals surface area contributed by atoms with Crippen LogP contribution in [0.3, 0.4) is 0 Å². The summed E-state index contributed by atoms with van der Waals surface area (Å²) >= 11 is 0. The molecular formula is C12H18N4O2S. The summed E-state index contributed by atoms with van der Waals surface area (Å²) in [5.41, 5.74) is 5.63. The molecular weight excluding hydrogens is 264 g/mol. The number of sulfonamides is 1. The Morgan fingerprint density at radius 3 is 2.84 bits per heavy atom. The van der Waals surface area contributed by atoms with Gasteiger partial charge in [-0.15, -0.1) is 0 Å². The van der Waals surface area contributed by atoms with E-state index in [1.54, 1.807) is 6.07 Å². The lowest BCUT2D eigenvalue weighted by Gasteiger charge is -2.16. The molecule has 2 fully saturated rings. The van der Waals surface area contributed by atoms with E-state index in [-0.39, 0.29) is 16.8 Å². The molecule has 0 aromatic carbocycles. The van der Waals surface area contributed by atoms with Crippen molar-refractivity contribution in [1.29, 1.82) is 0 Å². The van der Waals surface area contributed by atoms with Crippen LogP contribution in [-0.2, 0) is 10.0 Å². The van der Waals surface area contributed by atoms with E-state index in [9.17, 15) is 8.42 Å². The van der Waals surface area contributed by atoms with Gasteiger partial charge in [0.05, 0.1) is 0 Å². The molecule has 0 radical (unpaired) electrons. The van der Waals surface area contributed by atoms with Gasteiger partial charge in [-0.1, -0.05) is 0 Å². The van der Waals surface area contributed by atoms with Crippen molar-refractivity contribution < 1.29 is 8.42 Å². The van der Waals surface area contributed by atoms with Crippen LogP contribution in [-0.4, -0.2) is 43.5 Å². The summed E-state index contributed by atoms with van der Waals surface area (Å²) in [6.45, 7) is 1.77. The van der Waals surface area contributed by atoms with Crippen molar-refractivity contribution in [1.82, 2.24) is 14.6 Å². The fraction of sp³-hybridized carbons (Fsp3) is 0.583. The average molecular weight is 282 g/mol. The first-order valence-corrected chi connectivity index (χ1v) is 8.01. The van der Waals surface area contributed by atoms with Gasteiger partial charge < -0.3 is 5.73 Å². The number of rotatable bonds is 4. The van der Waals surface area contributed by atoms with Crippen molar-refractivity contribution >= 4 is 15.8 Å². The fourth-order valence-electron chi connectivity index (χ4n) is 2.57. The molecule has 2 heterocycles. The number of anilines is 1. The van der Waals surface area contributed by atoms with Crippen LogP contribution in [0.25, 0.3) is 0 Å². The Bertz CT molecular complexity index is 571. The molecule has 1 aliphatic carbocycles. The zero-order chi connectivity index (χ0) is 13.5. The Morgan fingerprint density at radius 2 is 2.16 bits per heavy atom. The maximum Gasteiger partial charge on any atom is 0.244 e. The van der Waals surface area contributed by atoms with Gasteiger partial charge in [0, 0.05) is 31.4 Å². The maximum absolute atomic E-state index is 12.3. The zero-order valence-corrected chi connectivity index (χ0v) is 11.4. The van der Waals surface area contributed by atoms with Crippen LogP contribution in [0, 0.1) is 0 Å². The molecule has 0 spiro atoms. The third kappa shape index (κ3) is 2.72. The van der Waals surface area contributed by atoms with Gasteiger partial charge >= 0.3 is 0 Å². The van der Waals surface area contributed by atoms with Crippen LogP contribution in [0.15, 0.2) is 23.2 Å². The molecule has 7 heteroatoms. The van der Waals surface area contributed by atoms with Gasteiger partial charge in [0.25, 0.3) is 0 Å². The van der Waals surface area contributed by atoms with Crippen molar-refractivity contribution in [3.8, 4) is 0 Å². The highest BCUT2D eigenvalue weighted by molar-refractivity contribution is 7.89. The van der Waals surface area contributed by atoms with E-state index in [0.717, 1.165) is 19.5 Å². The topological polar surface area (TPSA) is 88.3 Å². The quantitative estimate of drug-likeness (QED) is 0.822. The second kappa shape index (κ2) is 4.73. The molecule has 1 aromatic heterocycles. The maximum atomic E-state index is 12.3. The fourth-order valence-corrected chi connectivity index (χ4v) is 3.91. The third-order valence-corrected chi connectivity index (χ3v) is 5.26. The molecule has 1 aromatic rings. The highest BCUT2D eigenvalue weighted by Crippen LogP contribution is 2.30. The number of hydrogen-bond acceptors (Lipinski definition) is 5. The summed E-state index contributed by atoms with van der Waals surface area (Å²) in [7, 11) is -3.57. The first-order chi connectivity index (χ1) is 9.06. The Hall–Kier alpha value is -1.18. The van der Waals surface area contributed by atoms with Crippen LogP contribution < -0.4 is 10.5 Å². The Morgan fingerprint density at radius 1 is 1.37 bits per heavy atom. The number of likely N-dealkylation sites (tertiary alicyclic amines) is 1. The summed E-state index contributed by atoms with van der Waals surface area (Å²) in [5, 5.41) is 0. The molecule has 0 amide bonds. The largest absolute Gasteiger partial charge is 0.383 e. The summed E-state index contributed by atoms with van der Waals surface area (Å²) in [4.78, 5) is 6.25. The number of nitrogens with one attached hydrogen (secondary N) is 1. The molecule has 19 heavy (non-hydrogen) atoms. The average Bonchev–Trinajstić information content (AvgIpc) is 3.11. The van der Waals surface area contributed by atoms with Gasteiger partial charge in [-0.05, 0) is 31.4 Å². The van der Waals surface area contributed by atoms with E-state index in [2.05, 4.69) is 14.6 Å². The molecule has 1 aliphatic heterocycles. The number of nitrogens with two attached hydrogens (primary N) is 1. The van der Waals surface area contributed by atoms with Gasteiger partial charge in [0.1, 0.15) is 10.7 Å². The van der Waals surface area contributed by atoms with E-state index < -0.39 is 10.0 Å². The molecule has 3 N–H and O–H groups in total. The molecule has 1 saturated heterocycles. The van der Waals surface area contributed by atoms with Crippen LogP contribution >= 0.6 is 0 Å². The van der Waals surface area contributed by atoms with Crippen LogP contribution in [0.2, 0.25) is 0 Å². The first kappa shape index (κ1) is 12.8. The molecule has 6 nitrogen and oxygen atoms in total. The summed E-state index contributed by atoms with van der Waals surface area (Å²) in [5.74, 6) is 0.0482. The van der Waals surface area contributed by atoms with E-state index in [0.29, 0.717) is 6.04 Å². The number of nitrogen functional groups attached to an aromatic ring is 1. The van der Waals surface area contributed by atoms with Crippen molar-refractivity contribution in [2.24, 2.45) is 0 Å². The minimum Gasteiger partial charge on any atom is -0.383 e. The first-order valence-electron chi connectivity index (χ1n) is 6.53. The second-order valence-corrected chi connectivity index (χ2v) is 6.90. The number of nitrogens with zero attached hydrogens (tertiary/aromatic N) is 2. The zero-order valence-electron chi connectivity index (χ0n) is 10.6. The smallest absolute Gasteiger partial charge is 0.244 e. The van der Waals surface area contributed by atoms with Gasteiger partial charge in [-0.2, -0.15) is 0 Å². The van der Waals surface area contributed by atoms with E-state index in [1.165, 1.54) is 25.1 Å². The lowest BCUT2D eigenvalue weighted by molar-refractivity contribution is 0.322. The minimum atomic E-state index is -3.57. The monoisotopic (exact) mass is 282 g/mol. The van der Waals surface area contributed by atoms with E-state index >= 15 is 0 Å². The number of pyridine rings is 1. The minimum absolute atomic E-state index is 0.0230. The van der Waals surface area contributed by atoms with E-state index in [1.807, 2.05) is 0 Å². The van der Waals surface area contributed by atoms with Crippen molar-refractivity contribution in [3.05, 3.63) is 18.3 Å². The van der Waals surface area contributed by atoms with Gasteiger partial charge in [-0.3, -0.25) is 4.90 Å². The highest BCUT2D eigenvalue weighted by atomic mass is 32.2. The predicted octanol–water partition coefficient (Wildman–Crippen LogP) is 0.179. The summed E-state index contributed by atoms with van der Waals surface area (Å²) < 4.78 is 27.2. The van der Waals surface area contributed by atoms with Crippen molar-refractivity contribution in [2.75, 3.05) is 18.8 Å². The van der Waals surface area contributed by atoms with Crippen LogP contribution in [0.1, 0.15) is 19.3 Å². The van der Waals surface area contributed by atoms with Crippen molar-refractivity contribution in [3.63, 3.8) is 0 Å². The van der Waals surface area contributed by atoms with Crippen LogP contribution in [0.5, 0.6) is 0 Å². The normalized spacial score (nSPS) is 24.7. The van der Waals surface area contributed by atoms with E-state index in [4.69, 9.17) is 5.73 Å².